The monoisotopic (exact) mass is 728 g/mol. The highest BCUT2D eigenvalue weighted by molar-refractivity contribution is 5.71. The van der Waals surface area contributed by atoms with Crippen molar-refractivity contribution in [3.8, 4) is 34.9 Å². The van der Waals surface area contributed by atoms with Crippen LogP contribution in [-0.2, 0) is 14.1 Å². The Kier molecular flexibility index (Phi) is 9.33. The van der Waals surface area contributed by atoms with Gasteiger partial charge < -0.3 is 18.6 Å². The Morgan fingerprint density at radius 3 is 1.46 bits per heavy atom. The largest absolute Gasteiger partial charge is 0.425 e. The highest BCUT2D eigenvalue weighted by Gasteiger charge is 2.20. The molecule has 0 saturated carbocycles. The van der Waals surface area contributed by atoms with E-state index in [-0.39, 0.29) is 34.2 Å². The van der Waals surface area contributed by atoms with Gasteiger partial charge in [-0.25, -0.2) is 27.9 Å². The Morgan fingerprint density at radius 1 is 0.556 bits per heavy atom. The molecule has 4 aromatic carbocycles. The zero-order valence-electron chi connectivity index (χ0n) is 30.2. The molecule has 0 radical (unpaired) electrons. The molecule has 0 aliphatic heterocycles. The smallest absolute Gasteiger partial charge is 0.311 e. The van der Waals surface area contributed by atoms with E-state index in [1.54, 1.807) is 23.2 Å². The average Bonchev–Trinajstić information content (AvgIpc) is 3.72. The van der Waals surface area contributed by atoms with E-state index in [0.717, 1.165) is 22.3 Å². The lowest BCUT2D eigenvalue weighted by Crippen LogP contribution is -2.22. The van der Waals surface area contributed by atoms with Gasteiger partial charge in [-0.2, -0.15) is 9.97 Å². The predicted molar refractivity (Wildman–Crippen MR) is 200 cm³/mol. The minimum absolute atomic E-state index is 0.0939. The van der Waals surface area contributed by atoms with Crippen LogP contribution in [0.3, 0.4) is 0 Å². The number of rotatable bonds is 6. The van der Waals surface area contributed by atoms with Crippen molar-refractivity contribution in [1.29, 1.82) is 0 Å². The molecule has 0 spiro atoms. The van der Waals surface area contributed by atoms with Crippen molar-refractivity contribution in [2.24, 2.45) is 14.1 Å². The van der Waals surface area contributed by atoms with E-state index in [9.17, 15) is 18.4 Å². The van der Waals surface area contributed by atoms with E-state index in [4.69, 9.17) is 9.47 Å². The van der Waals surface area contributed by atoms with Crippen molar-refractivity contribution in [3.05, 3.63) is 152 Å². The van der Waals surface area contributed by atoms with Crippen LogP contribution in [0, 0.1) is 39.3 Å². The van der Waals surface area contributed by atoms with Gasteiger partial charge in [0, 0.05) is 14.1 Å². The van der Waals surface area contributed by atoms with Gasteiger partial charge in [0.25, 0.3) is 11.1 Å². The number of fused-ring (bicyclic) bond motifs is 2. The molecule has 272 valence electrons. The van der Waals surface area contributed by atoms with Crippen LogP contribution in [0.15, 0.2) is 107 Å². The van der Waals surface area contributed by atoms with Gasteiger partial charge in [-0.05, 0) is 105 Å². The molecule has 0 amide bonds. The number of hydrogen-bond acceptors (Lipinski definition) is 8. The zero-order chi connectivity index (χ0) is 38.3. The summed E-state index contributed by atoms with van der Waals surface area (Å²) in [5, 5.41) is 0. The lowest BCUT2D eigenvalue weighted by molar-refractivity contribution is 0.420. The molecule has 8 rings (SSSR count). The summed E-state index contributed by atoms with van der Waals surface area (Å²) in [5.41, 5.74) is 5.24. The van der Waals surface area contributed by atoms with Crippen LogP contribution in [-0.4, -0.2) is 38.2 Å². The lowest BCUT2D eigenvalue weighted by atomic mass is 10.1. The van der Waals surface area contributed by atoms with Gasteiger partial charge >= 0.3 is 12.0 Å². The predicted octanol–water partition coefficient (Wildman–Crippen LogP) is 7.33. The minimum Gasteiger partial charge on any atom is -0.425 e. The summed E-state index contributed by atoms with van der Waals surface area (Å²) in [6.07, 6.45) is 3.05. The number of ether oxygens (including phenoxy) is 2. The van der Waals surface area contributed by atoms with Gasteiger partial charge in [0.05, 0.1) is 24.0 Å². The summed E-state index contributed by atoms with van der Waals surface area (Å²) in [7, 11) is 3.51. The maximum atomic E-state index is 13.4. The SMILES string of the molecule is Cc1cccc(C)c1Oc1nc2c(ncn2C)c(=O)n1-c1ccc(F)cc1.Cc1cccc(Oc2nc3c(ncn3C)c(=O)n2-c2ccc(F)cc2)c1C. The third-order valence-corrected chi connectivity index (χ3v) is 8.94. The average molecular weight is 729 g/mol. The van der Waals surface area contributed by atoms with Gasteiger partial charge in [0.15, 0.2) is 22.3 Å². The van der Waals surface area contributed by atoms with E-state index >= 15 is 0 Å². The normalized spacial score (nSPS) is 11.1. The highest BCUT2D eigenvalue weighted by atomic mass is 19.1. The van der Waals surface area contributed by atoms with E-state index in [2.05, 4.69) is 19.9 Å². The molecular formula is C40H34F2N8O4. The first kappa shape index (κ1) is 35.4. The molecule has 12 nitrogen and oxygen atoms in total. The Bertz CT molecular complexity index is 2780. The fourth-order valence-electron chi connectivity index (χ4n) is 5.84. The van der Waals surface area contributed by atoms with Gasteiger partial charge in [-0.3, -0.25) is 9.59 Å². The Hall–Kier alpha value is -6.96. The standard InChI is InChI=1S/2C20H17FN4O2/c1-12-5-4-6-16(13(12)2)27-20-23-18-17(22-11-24(18)3)19(26)25(20)15-9-7-14(21)8-10-15;1-12-5-4-6-13(2)17(12)27-20-23-18-16(22-11-24(18)3)19(26)25(20)15-9-7-14(21)8-10-15/h2*4-11H,1-3H3. The molecule has 0 saturated heterocycles. The number of hydrogen-bond donors (Lipinski definition) is 0. The Morgan fingerprint density at radius 2 is 0.981 bits per heavy atom. The molecule has 0 atom stereocenters. The van der Waals surface area contributed by atoms with E-state index in [1.165, 1.54) is 70.3 Å². The van der Waals surface area contributed by atoms with E-state index in [1.807, 2.05) is 64.1 Å². The topological polar surface area (TPSA) is 124 Å². The second-order valence-corrected chi connectivity index (χ2v) is 12.7. The summed E-state index contributed by atoms with van der Waals surface area (Å²) in [5.74, 6) is 0.438. The summed E-state index contributed by atoms with van der Waals surface area (Å²) >= 11 is 0. The van der Waals surface area contributed by atoms with Crippen LogP contribution in [0.4, 0.5) is 8.78 Å². The molecule has 4 heterocycles. The number of aryl methyl sites for hydroxylation is 5. The third-order valence-electron chi connectivity index (χ3n) is 8.94. The third kappa shape index (κ3) is 6.60. The number of benzene rings is 4. The van der Waals surface area contributed by atoms with Gasteiger partial charge in [-0.15, -0.1) is 0 Å². The molecule has 4 aromatic heterocycles. The summed E-state index contributed by atoms with van der Waals surface area (Å²) in [6, 6.07) is 22.8. The Labute approximate surface area is 307 Å². The minimum atomic E-state index is -0.393. The number of imidazole rings is 2. The second-order valence-electron chi connectivity index (χ2n) is 12.7. The van der Waals surface area contributed by atoms with Crippen molar-refractivity contribution < 1.29 is 18.3 Å². The van der Waals surface area contributed by atoms with Gasteiger partial charge in [0.1, 0.15) is 23.1 Å². The first-order valence-electron chi connectivity index (χ1n) is 16.8. The van der Waals surface area contributed by atoms with Crippen molar-refractivity contribution in [2.45, 2.75) is 27.7 Å². The maximum absolute atomic E-state index is 13.4. The highest BCUT2D eigenvalue weighted by Crippen LogP contribution is 2.30. The van der Waals surface area contributed by atoms with Crippen molar-refractivity contribution in [3.63, 3.8) is 0 Å². The van der Waals surface area contributed by atoms with Crippen LogP contribution in [0.25, 0.3) is 33.7 Å². The molecule has 8 aromatic rings. The molecule has 0 unspecified atom stereocenters. The van der Waals surface area contributed by atoms with Crippen LogP contribution >= 0.6 is 0 Å². The van der Waals surface area contributed by atoms with Crippen LogP contribution in [0.5, 0.6) is 23.5 Å². The molecule has 0 aliphatic carbocycles. The van der Waals surface area contributed by atoms with Crippen molar-refractivity contribution >= 4 is 22.3 Å². The van der Waals surface area contributed by atoms with Crippen LogP contribution < -0.4 is 20.6 Å². The molecule has 0 fully saturated rings. The number of nitrogens with zero attached hydrogens (tertiary/aromatic N) is 8. The fraction of sp³-hybridized carbons (Fsp3) is 0.150. The summed E-state index contributed by atoms with van der Waals surface area (Å²) in [6.45, 7) is 7.76. The number of halogens is 2. The van der Waals surface area contributed by atoms with Crippen molar-refractivity contribution in [1.82, 2.24) is 38.2 Å². The lowest BCUT2D eigenvalue weighted by Gasteiger charge is -2.15. The van der Waals surface area contributed by atoms with Crippen LogP contribution in [0.1, 0.15) is 22.3 Å². The second kappa shape index (κ2) is 14.2. The first-order valence-corrected chi connectivity index (χ1v) is 16.8. The fourth-order valence-corrected chi connectivity index (χ4v) is 5.84. The summed E-state index contributed by atoms with van der Waals surface area (Å²) < 4.78 is 44.8. The number of para-hydroxylation sites is 1. The maximum Gasteiger partial charge on any atom is 0.311 e. The Balaban J connectivity index is 0.000000167. The molecule has 14 heteroatoms. The quantitative estimate of drug-likeness (QED) is 0.174. The van der Waals surface area contributed by atoms with E-state index in [0.29, 0.717) is 34.2 Å². The number of aromatic nitrogens is 8. The molecule has 0 aliphatic rings. The molecular weight excluding hydrogens is 694 g/mol. The van der Waals surface area contributed by atoms with Crippen molar-refractivity contribution in [2.75, 3.05) is 0 Å². The first-order chi connectivity index (χ1) is 25.9. The van der Waals surface area contributed by atoms with Crippen LogP contribution in [0.2, 0.25) is 0 Å². The molecule has 0 bridgehead atoms. The van der Waals surface area contributed by atoms with E-state index < -0.39 is 11.6 Å². The van der Waals surface area contributed by atoms with Gasteiger partial charge in [-0.1, -0.05) is 30.3 Å². The van der Waals surface area contributed by atoms with Gasteiger partial charge in [0.2, 0.25) is 0 Å². The summed E-state index contributed by atoms with van der Waals surface area (Å²) in [4.78, 5) is 43.5. The molecule has 0 N–H and O–H groups in total. The zero-order valence-corrected chi connectivity index (χ0v) is 30.2. The molecule has 54 heavy (non-hydrogen) atoms.